The summed E-state index contributed by atoms with van der Waals surface area (Å²) in [5.41, 5.74) is 0. The van der Waals surface area contributed by atoms with Crippen LogP contribution in [0.1, 0.15) is 39.0 Å². The fourth-order valence-electron chi connectivity index (χ4n) is 3.03. The quantitative estimate of drug-likeness (QED) is 0.741. The fourth-order valence-corrected chi connectivity index (χ4v) is 3.03. The maximum absolute atomic E-state index is 5.93. The summed E-state index contributed by atoms with van der Waals surface area (Å²) in [7, 11) is 0. The summed E-state index contributed by atoms with van der Waals surface area (Å²) < 4.78 is 11.4. The molecule has 1 saturated carbocycles. The van der Waals surface area contributed by atoms with Crippen molar-refractivity contribution in [2.24, 2.45) is 11.8 Å². The Hall–Kier alpha value is -0.120. The normalized spacial score (nSPS) is 27.7. The van der Waals surface area contributed by atoms with E-state index in [2.05, 4.69) is 12.2 Å². The summed E-state index contributed by atoms with van der Waals surface area (Å²) in [6, 6.07) is 0.490. The van der Waals surface area contributed by atoms with E-state index in [0.717, 1.165) is 38.9 Å². The van der Waals surface area contributed by atoms with Crippen molar-refractivity contribution in [1.82, 2.24) is 5.32 Å². The van der Waals surface area contributed by atoms with Crippen molar-refractivity contribution in [3.63, 3.8) is 0 Å². The molecule has 1 heterocycles. The second kappa shape index (κ2) is 7.34. The fraction of sp³-hybridized carbons (Fsp3) is 1.00. The number of nitrogens with one attached hydrogen (secondary N) is 1. The molecule has 100 valence electrons. The Morgan fingerprint density at radius 3 is 2.76 bits per heavy atom. The summed E-state index contributed by atoms with van der Waals surface area (Å²) in [4.78, 5) is 0. The van der Waals surface area contributed by atoms with E-state index >= 15 is 0 Å². The van der Waals surface area contributed by atoms with Gasteiger partial charge in [0.1, 0.15) is 0 Å². The van der Waals surface area contributed by atoms with Crippen LogP contribution < -0.4 is 5.32 Å². The molecule has 0 aromatic heterocycles. The second-order valence-corrected chi connectivity index (χ2v) is 5.48. The van der Waals surface area contributed by atoms with Gasteiger partial charge in [-0.2, -0.15) is 0 Å². The van der Waals surface area contributed by atoms with Crippen LogP contribution in [0.3, 0.4) is 0 Å². The highest BCUT2D eigenvalue weighted by Gasteiger charge is 2.25. The zero-order valence-electron chi connectivity index (χ0n) is 11.1. The smallest absolute Gasteiger partial charge is 0.0623 e. The van der Waals surface area contributed by atoms with Gasteiger partial charge >= 0.3 is 0 Å². The molecular weight excluding hydrogens is 214 g/mol. The van der Waals surface area contributed by atoms with Gasteiger partial charge in [-0.1, -0.05) is 19.8 Å². The monoisotopic (exact) mass is 241 g/mol. The third kappa shape index (κ3) is 4.23. The van der Waals surface area contributed by atoms with E-state index < -0.39 is 0 Å². The summed E-state index contributed by atoms with van der Waals surface area (Å²) in [6.07, 6.45) is 6.74. The first-order chi connectivity index (χ1) is 8.40. The van der Waals surface area contributed by atoms with Gasteiger partial charge in [-0.15, -0.1) is 0 Å². The van der Waals surface area contributed by atoms with E-state index in [-0.39, 0.29) is 0 Å². The molecule has 0 radical (unpaired) electrons. The van der Waals surface area contributed by atoms with Crippen LogP contribution >= 0.6 is 0 Å². The van der Waals surface area contributed by atoms with E-state index in [1.54, 1.807) is 0 Å². The minimum atomic E-state index is 0.490. The highest BCUT2D eigenvalue weighted by atomic mass is 16.5. The molecule has 2 aliphatic rings. The van der Waals surface area contributed by atoms with Crippen LogP contribution in [0.5, 0.6) is 0 Å². The Balaban J connectivity index is 1.65. The molecule has 0 spiro atoms. The molecule has 3 heteroatoms. The van der Waals surface area contributed by atoms with Gasteiger partial charge in [0.2, 0.25) is 0 Å². The van der Waals surface area contributed by atoms with Crippen molar-refractivity contribution in [1.29, 1.82) is 0 Å². The van der Waals surface area contributed by atoms with Gasteiger partial charge in [-0.3, -0.25) is 0 Å². The lowest BCUT2D eigenvalue weighted by Crippen LogP contribution is -2.40. The van der Waals surface area contributed by atoms with Crippen LogP contribution in [-0.2, 0) is 9.47 Å². The minimum absolute atomic E-state index is 0.490. The molecular formula is C14H27NO2. The summed E-state index contributed by atoms with van der Waals surface area (Å²) in [5.74, 6) is 1.48. The first kappa shape index (κ1) is 13.3. The minimum Gasteiger partial charge on any atom is -0.381 e. The molecule has 2 unspecified atom stereocenters. The van der Waals surface area contributed by atoms with E-state index in [4.69, 9.17) is 9.47 Å². The van der Waals surface area contributed by atoms with E-state index in [1.165, 1.54) is 32.1 Å². The molecule has 3 nitrogen and oxygen atoms in total. The van der Waals surface area contributed by atoms with Gasteiger partial charge in [0.25, 0.3) is 0 Å². The molecule has 2 fully saturated rings. The lowest BCUT2D eigenvalue weighted by atomic mass is 10.00. The van der Waals surface area contributed by atoms with Gasteiger partial charge in [-0.05, 0) is 31.7 Å². The Kier molecular flexibility index (Phi) is 5.75. The van der Waals surface area contributed by atoms with Gasteiger partial charge in [0.05, 0.1) is 13.2 Å². The Labute approximate surface area is 105 Å². The number of hydrogen-bond donors (Lipinski definition) is 1. The lowest BCUT2D eigenvalue weighted by molar-refractivity contribution is 0.0656. The van der Waals surface area contributed by atoms with Crippen molar-refractivity contribution in [2.75, 3.05) is 33.0 Å². The summed E-state index contributed by atoms with van der Waals surface area (Å²) >= 11 is 0. The Bertz CT molecular complexity index is 198. The van der Waals surface area contributed by atoms with Crippen molar-refractivity contribution >= 4 is 0 Å². The predicted octanol–water partition coefficient (Wildman–Crippen LogP) is 2.21. The highest BCUT2D eigenvalue weighted by molar-refractivity contribution is 4.79. The molecule has 0 amide bonds. The van der Waals surface area contributed by atoms with Crippen molar-refractivity contribution in [3.8, 4) is 0 Å². The molecule has 2 rings (SSSR count). The maximum atomic E-state index is 5.93. The van der Waals surface area contributed by atoms with Crippen molar-refractivity contribution in [2.45, 2.75) is 45.1 Å². The molecule has 1 aliphatic carbocycles. The molecule has 1 saturated heterocycles. The zero-order valence-corrected chi connectivity index (χ0v) is 11.1. The molecule has 0 aromatic carbocycles. The second-order valence-electron chi connectivity index (χ2n) is 5.48. The SMILES string of the molecule is CCNC(COCC1CCCC1)C1CCOC1. The average molecular weight is 241 g/mol. The standard InChI is InChI=1S/C14H27NO2/c1-2-15-14(13-7-8-16-10-13)11-17-9-12-5-3-4-6-12/h12-15H,2-11H2,1H3. The molecule has 0 aromatic rings. The molecule has 1 N–H and O–H groups in total. The summed E-state index contributed by atoms with van der Waals surface area (Å²) in [5, 5.41) is 3.54. The topological polar surface area (TPSA) is 30.5 Å². The lowest BCUT2D eigenvalue weighted by Gasteiger charge is -2.23. The van der Waals surface area contributed by atoms with E-state index in [9.17, 15) is 0 Å². The van der Waals surface area contributed by atoms with E-state index in [0.29, 0.717) is 12.0 Å². The number of hydrogen-bond acceptors (Lipinski definition) is 3. The number of ether oxygens (including phenoxy) is 2. The molecule has 2 atom stereocenters. The third-order valence-electron chi connectivity index (χ3n) is 4.13. The first-order valence-electron chi connectivity index (χ1n) is 7.29. The Morgan fingerprint density at radius 2 is 2.12 bits per heavy atom. The summed E-state index contributed by atoms with van der Waals surface area (Å²) in [6.45, 7) is 6.85. The van der Waals surface area contributed by atoms with Gasteiger partial charge in [-0.25, -0.2) is 0 Å². The number of likely N-dealkylation sites (N-methyl/N-ethyl adjacent to an activating group) is 1. The van der Waals surface area contributed by atoms with Gasteiger partial charge < -0.3 is 14.8 Å². The molecule has 1 aliphatic heterocycles. The molecule has 0 bridgehead atoms. The highest BCUT2D eigenvalue weighted by Crippen LogP contribution is 2.25. The zero-order chi connectivity index (χ0) is 11.9. The van der Waals surface area contributed by atoms with Crippen LogP contribution in [0.2, 0.25) is 0 Å². The number of rotatable bonds is 7. The van der Waals surface area contributed by atoms with Crippen LogP contribution in [0.15, 0.2) is 0 Å². The van der Waals surface area contributed by atoms with E-state index in [1.807, 2.05) is 0 Å². The van der Waals surface area contributed by atoms with Crippen LogP contribution in [0.4, 0.5) is 0 Å². The average Bonchev–Trinajstić information content (AvgIpc) is 3.01. The van der Waals surface area contributed by atoms with Crippen molar-refractivity contribution < 1.29 is 9.47 Å². The van der Waals surface area contributed by atoms with Gasteiger partial charge in [0, 0.05) is 25.2 Å². The van der Waals surface area contributed by atoms with Crippen LogP contribution in [-0.4, -0.2) is 39.0 Å². The van der Waals surface area contributed by atoms with Crippen molar-refractivity contribution in [3.05, 3.63) is 0 Å². The van der Waals surface area contributed by atoms with Gasteiger partial charge in [0.15, 0.2) is 0 Å². The Morgan fingerprint density at radius 1 is 1.29 bits per heavy atom. The largest absolute Gasteiger partial charge is 0.381 e. The van der Waals surface area contributed by atoms with Crippen LogP contribution in [0.25, 0.3) is 0 Å². The molecule has 17 heavy (non-hydrogen) atoms. The predicted molar refractivity (Wildman–Crippen MR) is 69.2 cm³/mol. The third-order valence-corrected chi connectivity index (χ3v) is 4.13. The van der Waals surface area contributed by atoms with Crippen LogP contribution in [0, 0.1) is 11.8 Å². The first-order valence-corrected chi connectivity index (χ1v) is 7.29. The maximum Gasteiger partial charge on any atom is 0.0623 e.